The number of anilines is 1. The first-order valence-corrected chi connectivity index (χ1v) is 7.09. The van der Waals surface area contributed by atoms with Crippen LogP contribution >= 0.6 is 0 Å². The van der Waals surface area contributed by atoms with Gasteiger partial charge in [0.25, 0.3) is 5.82 Å². The third-order valence-electron chi connectivity index (χ3n) is 3.63. The van der Waals surface area contributed by atoms with Crippen LogP contribution in [-0.2, 0) is 0 Å². The Balaban J connectivity index is 2.94. The van der Waals surface area contributed by atoms with Crippen molar-refractivity contribution in [3.8, 4) is 46.4 Å². The Morgan fingerprint density at radius 3 is 1.84 bits per heavy atom. The first-order chi connectivity index (χ1) is 12.1. The highest BCUT2D eigenvalue weighted by atomic mass is 16.5. The van der Waals surface area contributed by atoms with Crippen LogP contribution in [0, 0.1) is 22.7 Å². The van der Waals surface area contributed by atoms with E-state index in [1.165, 1.54) is 28.4 Å². The molecule has 0 atom stereocenters. The SMILES string of the molecule is COc1cc(-c2c(C#N)c(N)[nH+]c(OC)c2C#N)cc(OC)c1OC. The Kier molecular flexibility index (Phi) is 5.15. The second kappa shape index (κ2) is 7.28. The van der Waals surface area contributed by atoms with Crippen LogP contribution in [0.4, 0.5) is 5.82 Å². The average molecular weight is 341 g/mol. The third-order valence-corrected chi connectivity index (χ3v) is 3.63. The van der Waals surface area contributed by atoms with Crippen LogP contribution in [-0.4, -0.2) is 28.4 Å². The molecule has 0 bridgehead atoms. The van der Waals surface area contributed by atoms with Gasteiger partial charge in [0.05, 0.1) is 28.4 Å². The minimum Gasteiger partial charge on any atom is -0.493 e. The molecular formula is C17H17N4O4+. The number of rotatable bonds is 5. The monoisotopic (exact) mass is 341 g/mol. The molecule has 0 aliphatic rings. The summed E-state index contributed by atoms with van der Waals surface area (Å²) in [4.78, 5) is 2.71. The summed E-state index contributed by atoms with van der Waals surface area (Å²) in [6, 6.07) is 7.33. The maximum atomic E-state index is 9.57. The van der Waals surface area contributed by atoms with E-state index in [0.717, 1.165) is 0 Å². The van der Waals surface area contributed by atoms with Gasteiger partial charge in [0.2, 0.25) is 5.75 Å². The lowest BCUT2D eigenvalue weighted by Crippen LogP contribution is -2.18. The number of aromatic nitrogens is 1. The van der Waals surface area contributed by atoms with Crippen LogP contribution in [0.2, 0.25) is 0 Å². The number of H-pyrrole nitrogens is 1. The molecule has 8 heteroatoms. The molecule has 1 aromatic carbocycles. The Morgan fingerprint density at radius 1 is 0.880 bits per heavy atom. The molecule has 0 amide bonds. The number of ether oxygens (including phenoxy) is 4. The molecule has 0 unspecified atom stereocenters. The van der Waals surface area contributed by atoms with Gasteiger partial charge >= 0.3 is 5.88 Å². The van der Waals surface area contributed by atoms with Crippen molar-refractivity contribution in [3.63, 3.8) is 0 Å². The maximum Gasteiger partial charge on any atom is 0.300 e. The van der Waals surface area contributed by atoms with Crippen LogP contribution in [0.25, 0.3) is 11.1 Å². The number of nitrogen functional groups attached to an aromatic ring is 1. The van der Waals surface area contributed by atoms with Gasteiger partial charge < -0.3 is 18.9 Å². The number of hydrogen-bond acceptors (Lipinski definition) is 7. The predicted molar refractivity (Wildman–Crippen MR) is 88.5 cm³/mol. The van der Waals surface area contributed by atoms with Crippen LogP contribution in [0.1, 0.15) is 11.1 Å². The number of nitrogens with one attached hydrogen (secondary N) is 1. The van der Waals surface area contributed by atoms with Gasteiger partial charge in [-0.15, -0.1) is 0 Å². The van der Waals surface area contributed by atoms with Gasteiger partial charge in [-0.2, -0.15) is 10.5 Å². The van der Waals surface area contributed by atoms with Crippen molar-refractivity contribution in [2.75, 3.05) is 34.2 Å². The topological polar surface area (TPSA) is 125 Å². The van der Waals surface area contributed by atoms with Gasteiger partial charge in [-0.25, -0.2) is 4.98 Å². The lowest BCUT2D eigenvalue weighted by atomic mass is 9.95. The second-order valence-corrected chi connectivity index (χ2v) is 4.83. The minimum atomic E-state index is 0.0853. The van der Waals surface area contributed by atoms with E-state index in [9.17, 15) is 10.5 Å². The Hall–Kier alpha value is -3.65. The lowest BCUT2D eigenvalue weighted by Gasteiger charge is -2.15. The van der Waals surface area contributed by atoms with Crippen molar-refractivity contribution in [2.45, 2.75) is 0 Å². The summed E-state index contributed by atoms with van der Waals surface area (Å²) >= 11 is 0. The number of pyridine rings is 1. The molecule has 0 spiro atoms. The Labute approximate surface area is 144 Å². The zero-order valence-electron chi connectivity index (χ0n) is 14.3. The van der Waals surface area contributed by atoms with E-state index in [2.05, 4.69) is 4.98 Å². The van der Waals surface area contributed by atoms with Crippen molar-refractivity contribution in [2.24, 2.45) is 0 Å². The highest BCUT2D eigenvalue weighted by Gasteiger charge is 2.26. The van der Waals surface area contributed by atoms with Gasteiger partial charge in [-0.1, -0.05) is 0 Å². The van der Waals surface area contributed by atoms with Crippen LogP contribution < -0.4 is 29.7 Å². The predicted octanol–water partition coefficient (Wildman–Crippen LogP) is 1.53. The quantitative estimate of drug-likeness (QED) is 0.874. The fourth-order valence-electron chi connectivity index (χ4n) is 2.51. The smallest absolute Gasteiger partial charge is 0.300 e. The largest absolute Gasteiger partial charge is 0.493 e. The molecule has 2 aromatic rings. The zero-order valence-corrected chi connectivity index (χ0v) is 14.3. The molecule has 128 valence electrons. The number of nitrogens with two attached hydrogens (primary N) is 1. The molecule has 2 rings (SSSR count). The maximum absolute atomic E-state index is 9.57. The first-order valence-electron chi connectivity index (χ1n) is 7.09. The Morgan fingerprint density at radius 2 is 1.44 bits per heavy atom. The number of nitriles is 2. The number of benzene rings is 1. The van der Waals surface area contributed by atoms with Crippen LogP contribution in [0.3, 0.4) is 0 Å². The summed E-state index contributed by atoms with van der Waals surface area (Å²) in [7, 11) is 5.84. The normalized spacial score (nSPS) is 9.68. The first kappa shape index (κ1) is 17.7. The number of nitrogens with zero attached hydrogens (tertiary/aromatic N) is 2. The van der Waals surface area contributed by atoms with E-state index in [1.54, 1.807) is 12.1 Å². The summed E-state index contributed by atoms with van der Waals surface area (Å²) in [5.41, 5.74) is 6.99. The van der Waals surface area contributed by atoms with Gasteiger partial charge in [0.1, 0.15) is 17.7 Å². The van der Waals surface area contributed by atoms with E-state index in [4.69, 9.17) is 24.7 Å². The van der Waals surface area contributed by atoms with Gasteiger partial charge in [0.15, 0.2) is 17.1 Å². The molecule has 25 heavy (non-hydrogen) atoms. The molecule has 0 saturated heterocycles. The third kappa shape index (κ3) is 2.93. The molecule has 1 heterocycles. The van der Waals surface area contributed by atoms with E-state index < -0.39 is 0 Å². The molecule has 3 N–H and O–H groups in total. The summed E-state index contributed by atoms with van der Waals surface area (Å²) in [5.74, 6) is 1.41. The zero-order chi connectivity index (χ0) is 18.6. The van der Waals surface area contributed by atoms with Gasteiger partial charge in [-0.05, 0) is 17.7 Å². The van der Waals surface area contributed by atoms with Crippen molar-refractivity contribution in [1.82, 2.24) is 0 Å². The van der Waals surface area contributed by atoms with E-state index in [0.29, 0.717) is 28.4 Å². The van der Waals surface area contributed by atoms with Crippen molar-refractivity contribution < 1.29 is 23.9 Å². The van der Waals surface area contributed by atoms with Gasteiger partial charge in [-0.3, -0.25) is 5.73 Å². The molecule has 0 aliphatic carbocycles. The molecule has 8 nitrogen and oxygen atoms in total. The van der Waals surface area contributed by atoms with Crippen molar-refractivity contribution in [3.05, 3.63) is 23.3 Å². The number of methoxy groups -OCH3 is 4. The summed E-state index contributed by atoms with van der Waals surface area (Å²) < 4.78 is 21.1. The number of aromatic amines is 1. The fraction of sp³-hybridized carbons (Fsp3) is 0.235. The summed E-state index contributed by atoms with van der Waals surface area (Å²) in [6.07, 6.45) is 0. The standard InChI is InChI=1S/C17H16N4O4/c1-22-12-5-9(6-13(23-2)15(12)24-3)14-10(7-18)16(20)21-17(25-4)11(14)8-19/h5-6H,1-4H3,(H2,20,21)/p+1. The van der Waals surface area contributed by atoms with Crippen molar-refractivity contribution >= 4 is 5.82 Å². The van der Waals surface area contributed by atoms with Crippen LogP contribution in [0.5, 0.6) is 23.1 Å². The van der Waals surface area contributed by atoms with Crippen LogP contribution in [0.15, 0.2) is 12.1 Å². The number of hydrogen-bond donors (Lipinski definition) is 1. The van der Waals surface area contributed by atoms with E-state index in [1.807, 2.05) is 12.1 Å². The second-order valence-electron chi connectivity index (χ2n) is 4.83. The molecular weight excluding hydrogens is 324 g/mol. The summed E-state index contributed by atoms with van der Waals surface area (Å²) in [6.45, 7) is 0. The highest BCUT2D eigenvalue weighted by molar-refractivity contribution is 5.83. The Bertz CT molecular complexity index is 872. The van der Waals surface area contributed by atoms with Gasteiger partial charge in [0, 0.05) is 5.56 Å². The summed E-state index contributed by atoms with van der Waals surface area (Å²) in [5, 5.41) is 19.1. The fourth-order valence-corrected chi connectivity index (χ4v) is 2.51. The van der Waals surface area contributed by atoms with Crippen molar-refractivity contribution in [1.29, 1.82) is 10.5 Å². The molecule has 0 radical (unpaired) electrons. The molecule has 0 aliphatic heterocycles. The molecule has 1 aromatic heterocycles. The lowest BCUT2D eigenvalue weighted by molar-refractivity contribution is -0.376. The highest BCUT2D eigenvalue weighted by Crippen LogP contribution is 2.43. The average Bonchev–Trinajstić information content (AvgIpc) is 2.65. The molecule has 0 fully saturated rings. The van der Waals surface area contributed by atoms with E-state index in [-0.39, 0.29) is 22.8 Å². The molecule has 0 saturated carbocycles. The van der Waals surface area contributed by atoms with E-state index >= 15 is 0 Å². The minimum absolute atomic E-state index is 0.0853.